The number of rotatable bonds is 9. The van der Waals surface area contributed by atoms with E-state index >= 15 is 0 Å². The summed E-state index contributed by atoms with van der Waals surface area (Å²) in [7, 11) is 2.71. The third-order valence-corrected chi connectivity index (χ3v) is 3.94. The number of primary amides is 1. The van der Waals surface area contributed by atoms with E-state index < -0.39 is 11.8 Å². The van der Waals surface area contributed by atoms with Crippen molar-refractivity contribution >= 4 is 33.6 Å². The summed E-state index contributed by atoms with van der Waals surface area (Å²) in [5.74, 6) is -0.691. The molecule has 6 heteroatoms. The molecule has 0 fully saturated rings. The molecule has 0 atom stereocenters. The van der Waals surface area contributed by atoms with Gasteiger partial charge < -0.3 is 5.73 Å². The van der Waals surface area contributed by atoms with Crippen molar-refractivity contribution in [3.05, 3.63) is 0 Å². The molecule has 0 bridgehead atoms. The maximum Gasteiger partial charge on any atom is 0.319 e. The summed E-state index contributed by atoms with van der Waals surface area (Å²) in [5, 5.41) is 0. The minimum absolute atomic E-state index is 0.736. The molecule has 0 aliphatic carbocycles. The van der Waals surface area contributed by atoms with Gasteiger partial charge in [-0.1, -0.05) is 49.8 Å². The van der Waals surface area contributed by atoms with Crippen molar-refractivity contribution in [2.45, 2.75) is 45.4 Å². The molecular weight excluding hydrogens is 244 g/mol. The maximum atomic E-state index is 10.7. The maximum absolute atomic E-state index is 10.7. The minimum Gasteiger partial charge on any atom is -0.361 e. The number of amides is 2. The van der Waals surface area contributed by atoms with Gasteiger partial charge in [-0.05, 0) is 6.42 Å². The van der Waals surface area contributed by atoms with E-state index in [2.05, 4.69) is 11.6 Å². The van der Waals surface area contributed by atoms with Crippen LogP contribution >= 0.6 is 21.8 Å². The van der Waals surface area contributed by atoms with Crippen LogP contribution in [-0.4, -0.2) is 17.6 Å². The molecule has 0 aromatic heterocycles. The Labute approximate surface area is 105 Å². The standard InChI is InChI=1S/C10H20N2O2S2/c1-2-3-4-5-6-7-8-15-16-12-10(14)9(11)13/h2-8H2,1H3,(H2,11,13)(H,12,14). The molecule has 16 heavy (non-hydrogen) atoms. The average Bonchev–Trinajstić information content (AvgIpc) is 2.26. The van der Waals surface area contributed by atoms with Crippen LogP contribution in [0.3, 0.4) is 0 Å². The number of unbranched alkanes of at least 4 members (excludes halogenated alkanes) is 5. The van der Waals surface area contributed by atoms with Crippen LogP contribution in [0.15, 0.2) is 0 Å². The highest BCUT2D eigenvalue weighted by Gasteiger charge is 2.06. The summed E-state index contributed by atoms with van der Waals surface area (Å²) in [6.07, 6.45) is 7.56. The van der Waals surface area contributed by atoms with Crippen LogP contribution in [0.4, 0.5) is 0 Å². The van der Waals surface area contributed by atoms with Crippen LogP contribution in [0.5, 0.6) is 0 Å². The molecular formula is C10H20N2O2S2. The Kier molecular flexibility index (Phi) is 10.9. The smallest absolute Gasteiger partial charge is 0.319 e. The summed E-state index contributed by atoms with van der Waals surface area (Å²) < 4.78 is 2.36. The molecule has 2 amide bonds. The summed E-state index contributed by atoms with van der Waals surface area (Å²) in [4.78, 5) is 21.1. The van der Waals surface area contributed by atoms with Crippen molar-refractivity contribution in [2.24, 2.45) is 5.73 Å². The fourth-order valence-electron chi connectivity index (χ4n) is 1.10. The third kappa shape index (κ3) is 10.2. The lowest BCUT2D eigenvalue weighted by atomic mass is 10.1. The molecule has 0 aliphatic heterocycles. The van der Waals surface area contributed by atoms with Crippen molar-refractivity contribution in [1.82, 2.24) is 4.72 Å². The monoisotopic (exact) mass is 264 g/mol. The van der Waals surface area contributed by atoms with E-state index in [0.29, 0.717) is 0 Å². The molecule has 94 valence electrons. The Morgan fingerprint density at radius 3 is 2.38 bits per heavy atom. The van der Waals surface area contributed by atoms with Crippen molar-refractivity contribution in [1.29, 1.82) is 0 Å². The first-order valence-corrected chi connectivity index (χ1v) is 7.88. The largest absolute Gasteiger partial charge is 0.361 e. The van der Waals surface area contributed by atoms with Gasteiger partial charge in [0.25, 0.3) is 0 Å². The van der Waals surface area contributed by atoms with Gasteiger partial charge >= 0.3 is 11.8 Å². The van der Waals surface area contributed by atoms with E-state index in [1.807, 2.05) is 0 Å². The summed E-state index contributed by atoms with van der Waals surface area (Å²) in [5.41, 5.74) is 4.77. The molecule has 3 N–H and O–H groups in total. The molecule has 0 aliphatic rings. The zero-order valence-corrected chi connectivity index (χ0v) is 11.3. The normalized spacial score (nSPS) is 10.1. The van der Waals surface area contributed by atoms with Crippen LogP contribution in [0.2, 0.25) is 0 Å². The van der Waals surface area contributed by atoms with Gasteiger partial charge in [0.05, 0.1) is 0 Å². The molecule has 0 saturated heterocycles. The molecule has 0 rings (SSSR count). The topological polar surface area (TPSA) is 72.2 Å². The Balaban J connectivity index is 3.10. The number of hydrogen-bond donors (Lipinski definition) is 2. The van der Waals surface area contributed by atoms with Gasteiger partial charge in [-0.2, -0.15) is 0 Å². The van der Waals surface area contributed by atoms with Crippen LogP contribution in [-0.2, 0) is 9.59 Å². The summed E-state index contributed by atoms with van der Waals surface area (Å²) >= 11 is 0. The predicted octanol–water partition coefficient (Wildman–Crippen LogP) is 2.24. The number of carbonyl (C=O) groups excluding carboxylic acids is 2. The first kappa shape index (κ1) is 15.6. The van der Waals surface area contributed by atoms with E-state index in [9.17, 15) is 9.59 Å². The number of carbonyl (C=O) groups is 2. The van der Waals surface area contributed by atoms with E-state index in [4.69, 9.17) is 5.73 Å². The molecule has 0 aromatic rings. The van der Waals surface area contributed by atoms with E-state index in [0.717, 1.165) is 12.2 Å². The lowest BCUT2D eigenvalue weighted by molar-refractivity contribution is -0.136. The summed E-state index contributed by atoms with van der Waals surface area (Å²) in [6.45, 7) is 2.20. The van der Waals surface area contributed by atoms with Gasteiger partial charge in [0.2, 0.25) is 0 Å². The number of nitrogens with two attached hydrogens (primary N) is 1. The lowest BCUT2D eigenvalue weighted by Crippen LogP contribution is -2.31. The first-order chi connectivity index (χ1) is 7.68. The second kappa shape index (κ2) is 11.1. The Bertz CT molecular complexity index is 213. The Hall–Kier alpha value is -0.360. The zero-order chi connectivity index (χ0) is 12.2. The fourth-order valence-corrected chi connectivity index (χ4v) is 2.75. The van der Waals surface area contributed by atoms with Gasteiger partial charge in [0.15, 0.2) is 0 Å². The summed E-state index contributed by atoms with van der Waals surface area (Å²) in [6, 6.07) is 0. The Morgan fingerprint density at radius 2 is 1.75 bits per heavy atom. The molecule has 0 aromatic carbocycles. The minimum atomic E-state index is -0.937. The highest BCUT2D eigenvalue weighted by atomic mass is 33.1. The van der Waals surface area contributed by atoms with Crippen LogP contribution < -0.4 is 10.5 Å². The van der Waals surface area contributed by atoms with Crippen LogP contribution in [0, 0.1) is 0 Å². The van der Waals surface area contributed by atoms with Crippen LogP contribution in [0.1, 0.15) is 45.4 Å². The molecule has 4 nitrogen and oxygen atoms in total. The Morgan fingerprint density at radius 1 is 1.12 bits per heavy atom. The van der Waals surface area contributed by atoms with Gasteiger partial charge in [0, 0.05) is 16.7 Å². The van der Waals surface area contributed by atoms with Crippen molar-refractivity contribution in [3.63, 3.8) is 0 Å². The van der Waals surface area contributed by atoms with Crippen LogP contribution in [0.25, 0.3) is 0 Å². The van der Waals surface area contributed by atoms with Gasteiger partial charge in [-0.3, -0.25) is 14.3 Å². The molecule has 0 spiro atoms. The second-order valence-corrected chi connectivity index (χ2v) is 5.69. The van der Waals surface area contributed by atoms with Gasteiger partial charge in [0.1, 0.15) is 0 Å². The van der Waals surface area contributed by atoms with Gasteiger partial charge in [-0.15, -0.1) is 0 Å². The molecule has 0 heterocycles. The van der Waals surface area contributed by atoms with Crippen molar-refractivity contribution in [3.8, 4) is 0 Å². The van der Waals surface area contributed by atoms with Gasteiger partial charge in [-0.25, -0.2) is 0 Å². The number of nitrogens with one attached hydrogen (secondary N) is 1. The highest BCUT2D eigenvalue weighted by Crippen LogP contribution is 2.19. The van der Waals surface area contributed by atoms with E-state index in [1.165, 1.54) is 53.9 Å². The molecule has 0 radical (unpaired) electrons. The van der Waals surface area contributed by atoms with Crippen molar-refractivity contribution < 1.29 is 9.59 Å². The quantitative estimate of drug-likeness (QED) is 0.290. The fraction of sp³-hybridized carbons (Fsp3) is 0.800. The van der Waals surface area contributed by atoms with E-state index in [1.54, 1.807) is 0 Å². The van der Waals surface area contributed by atoms with E-state index in [-0.39, 0.29) is 0 Å². The first-order valence-electron chi connectivity index (χ1n) is 5.56. The third-order valence-electron chi connectivity index (χ3n) is 2.00. The second-order valence-electron chi connectivity index (χ2n) is 3.47. The molecule has 0 saturated carbocycles. The highest BCUT2D eigenvalue weighted by molar-refractivity contribution is 8.76. The number of hydrogen-bond acceptors (Lipinski definition) is 4. The molecule has 0 unspecified atom stereocenters. The zero-order valence-electron chi connectivity index (χ0n) is 9.66. The SMILES string of the molecule is CCCCCCCCSSNC(=O)C(N)=O. The average molecular weight is 264 g/mol. The lowest BCUT2D eigenvalue weighted by Gasteiger charge is -2.01. The predicted molar refractivity (Wildman–Crippen MR) is 70.8 cm³/mol. The van der Waals surface area contributed by atoms with Crippen molar-refractivity contribution in [2.75, 3.05) is 5.75 Å².